The van der Waals surface area contributed by atoms with E-state index in [1.165, 1.54) is 14.2 Å². The van der Waals surface area contributed by atoms with E-state index in [2.05, 4.69) is 0 Å². The molecule has 2 aromatic carbocycles. The summed E-state index contributed by atoms with van der Waals surface area (Å²) in [4.78, 5) is 26.4. The highest BCUT2D eigenvalue weighted by Gasteiger charge is 2.38. The molecule has 1 heterocycles. The lowest BCUT2D eigenvalue weighted by Gasteiger charge is -2.15. The molecule has 25 heavy (non-hydrogen) atoms. The first-order chi connectivity index (χ1) is 12.1. The number of carbonyl (C=O) groups is 2. The van der Waals surface area contributed by atoms with E-state index < -0.39 is 11.8 Å². The Hall–Kier alpha value is -2.79. The van der Waals surface area contributed by atoms with Gasteiger partial charge in [-0.2, -0.15) is 0 Å². The Morgan fingerprint density at radius 3 is 2.24 bits per heavy atom. The van der Waals surface area contributed by atoms with Gasteiger partial charge in [-0.25, -0.2) is 0 Å². The number of hydrogen-bond acceptors (Lipinski definition) is 4. The monoisotopic (exact) mass is 357 g/mol. The quantitative estimate of drug-likeness (QED) is 0.771. The van der Waals surface area contributed by atoms with Crippen molar-refractivity contribution in [1.82, 2.24) is 4.90 Å². The van der Waals surface area contributed by atoms with E-state index in [-0.39, 0.29) is 17.2 Å². The molecular weight excluding hydrogens is 342 g/mol. The number of ether oxygens (including phenoxy) is 2. The van der Waals surface area contributed by atoms with Gasteiger partial charge in [0.15, 0.2) is 11.5 Å². The number of carbonyl (C=O) groups excluding carboxylic acids is 2. The van der Waals surface area contributed by atoms with Crippen molar-refractivity contribution in [3.05, 3.63) is 64.7 Å². The zero-order chi connectivity index (χ0) is 18.0. The third-order valence-electron chi connectivity index (χ3n) is 3.97. The van der Waals surface area contributed by atoms with E-state index in [1.807, 2.05) is 30.3 Å². The highest BCUT2D eigenvalue weighted by molar-refractivity contribution is 6.55. The van der Waals surface area contributed by atoms with Crippen LogP contribution in [0, 0.1) is 0 Å². The maximum Gasteiger partial charge on any atom is 0.273 e. The van der Waals surface area contributed by atoms with Gasteiger partial charge < -0.3 is 9.47 Å². The maximum atomic E-state index is 12.8. The normalized spacial score (nSPS) is 14.3. The summed E-state index contributed by atoms with van der Waals surface area (Å²) in [5, 5.41) is -0.0897. The van der Waals surface area contributed by atoms with Crippen molar-refractivity contribution in [2.75, 3.05) is 14.2 Å². The fraction of sp³-hybridized carbons (Fsp3) is 0.158. The van der Waals surface area contributed by atoms with Crippen LogP contribution in [-0.4, -0.2) is 30.9 Å². The molecule has 0 aliphatic carbocycles. The third-order valence-corrected chi connectivity index (χ3v) is 4.32. The van der Waals surface area contributed by atoms with Gasteiger partial charge in [-0.15, -0.1) is 0 Å². The Kier molecular flexibility index (Phi) is 4.76. The van der Waals surface area contributed by atoms with E-state index in [0.29, 0.717) is 17.1 Å². The highest BCUT2D eigenvalue weighted by Crippen LogP contribution is 2.36. The van der Waals surface area contributed by atoms with Gasteiger partial charge in [-0.05, 0) is 23.3 Å². The average Bonchev–Trinajstić information content (AvgIpc) is 2.85. The van der Waals surface area contributed by atoms with Crippen LogP contribution >= 0.6 is 11.6 Å². The molecule has 1 aliphatic heterocycles. The van der Waals surface area contributed by atoms with Crippen LogP contribution < -0.4 is 9.47 Å². The summed E-state index contributed by atoms with van der Waals surface area (Å²) >= 11 is 6.18. The Bertz CT molecular complexity index is 861. The van der Waals surface area contributed by atoms with Crippen LogP contribution in [0.2, 0.25) is 0 Å². The van der Waals surface area contributed by atoms with Gasteiger partial charge in [0.25, 0.3) is 11.8 Å². The van der Waals surface area contributed by atoms with Crippen LogP contribution in [0.15, 0.2) is 53.6 Å². The van der Waals surface area contributed by atoms with Crippen molar-refractivity contribution in [3.8, 4) is 11.5 Å². The molecule has 0 fully saturated rings. The maximum absolute atomic E-state index is 12.8. The summed E-state index contributed by atoms with van der Waals surface area (Å²) in [5.41, 5.74) is 1.53. The smallest absolute Gasteiger partial charge is 0.273 e. The number of hydrogen-bond donors (Lipinski definition) is 0. The first-order valence-corrected chi connectivity index (χ1v) is 7.97. The number of benzene rings is 2. The summed E-state index contributed by atoms with van der Waals surface area (Å²) in [6.07, 6.45) is 0. The number of nitrogens with zero attached hydrogens (tertiary/aromatic N) is 1. The Morgan fingerprint density at radius 2 is 1.60 bits per heavy atom. The van der Waals surface area contributed by atoms with Crippen molar-refractivity contribution in [3.63, 3.8) is 0 Å². The fourth-order valence-electron chi connectivity index (χ4n) is 2.70. The number of amides is 2. The molecule has 0 spiro atoms. The summed E-state index contributed by atoms with van der Waals surface area (Å²) in [6.45, 7) is 0.172. The molecule has 6 heteroatoms. The first kappa shape index (κ1) is 17.0. The van der Waals surface area contributed by atoms with Gasteiger partial charge in [0.05, 0.1) is 26.3 Å². The van der Waals surface area contributed by atoms with Crippen molar-refractivity contribution in [1.29, 1.82) is 0 Å². The topological polar surface area (TPSA) is 55.8 Å². The SMILES string of the molecule is COc1ccc(C2=C(Cl)C(=O)N(Cc3ccccc3)C2=O)cc1OC. The molecule has 0 saturated heterocycles. The molecule has 0 unspecified atom stereocenters. The highest BCUT2D eigenvalue weighted by atomic mass is 35.5. The van der Waals surface area contributed by atoms with Crippen LogP contribution in [0.1, 0.15) is 11.1 Å². The van der Waals surface area contributed by atoms with Crippen LogP contribution in [-0.2, 0) is 16.1 Å². The van der Waals surface area contributed by atoms with Crippen molar-refractivity contribution < 1.29 is 19.1 Å². The van der Waals surface area contributed by atoms with Gasteiger partial charge in [0, 0.05) is 0 Å². The van der Waals surface area contributed by atoms with Crippen LogP contribution in [0.3, 0.4) is 0 Å². The summed E-state index contributed by atoms with van der Waals surface area (Å²) in [5.74, 6) is 0.0611. The van der Waals surface area contributed by atoms with Crippen molar-refractivity contribution >= 4 is 29.0 Å². The molecule has 2 aromatic rings. The van der Waals surface area contributed by atoms with Crippen molar-refractivity contribution in [2.24, 2.45) is 0 Å². The molecule has 0 radical (unpaired) electrons. The van der Waals surface area contributed by atoms with Gasteiger partial charge in [-0.3, -0.25) is 14.5 Å². The van der Waals surface area contributed by atoms with E-state index >= 15 is 0 Å². The average molecular weight is 358 g/mol. The number of rotatable bonds is 5. The minimum absolute atomic E-state index is 0.0897. The number of methoxy groups -OCH3 is 2. The predicted molar refractivity (Wildman–Crippen MR) is 94.3 cm³/mol. The molecule has 5 nitrogen and oxygen atoms in total. The van der Waals surface area contributed by atoms with Crippen LogP contribution in [0.4, 0.5) is 0 Å². The molecule has 0 N–H and O–H groups in total. The molecule has 1 aliphatic rings. The van der Waals surface area contributed by atoms with E-state index in [1.54, 1.807) is 18.2 Å². The molecule has 128 valence electrons. The lowest BCUT2D eigenvalue weighted by molar-refractivity contribution is -0.137. The third kappa shape index (κ3) is 3.10. The lowest BCUT2D eigenvalue weighted by Crippen LogP contribution is -2.30. The van der Waals surface area contributed by atoms with Gasteiger partial charge in [-0.1, -0.05) is 48.0 Å². The lowest BCUT2D eigenvalue weighted by atomic mass is 10.1. The van der Waals surface area contributed by atoms with Crippen LogP contribution in [0.25, 0.3) is 5.57 Å². The number of imide groups is 1. The molecule has 3 rings (SSSR count). The summed E-state index contributed by atoms with van der Waals surface area (Å²) < 4.78 is 10.4. The molecule has 0 saturated carbocycles. The minimum Gasteiger partial charge on any atom is -0.493 e. The Morgan fingerprint density at radius 1 is 0.920 bits per heavy atom. The minimum atomic E-state index is -0.500. The second-order valence-electron chi connectivity index (χ2n) is 5.44. The standard InChI is InChI=1S/C19H16ClNO4/c1-24-14-9-8-13(10-15(14)25-2)16-17(20)19(23)21(18(16)22)11-12-6-4-3-5-7-12/h3-10H,11H2,1-2H3. The molecule has 0 atom stereocenters. The molecule has 0 aromatic heterocycles. The van der Waals surface area contributed by atoms with Crippen molar-refractivity contribution in [2.45, 2.75) is 6.54 Å². The first-order valence-electron chi connectivity index (χ1n) is 7.59. The van der Waals surface area contributed by atoms with Gasteiger partial charge >= 0.3 is 0 Å². The Labute approximate surface area is 150 Å². The van der Waals surface area contributed by atoms with Crippen LogP contribution in [0.5, 0.6) is 11.5 Å². The zero-order valence-corrected chi connectivity index (χ0v) is 14.5. The Balaban J connectivity index is 1.94. The summed E-state index contributed by atoms with van der Waals surface area (Å²) in [7, 11) is 3.02. The molecule has 2 amide bonds. The van der Waals surface area contributed by atoms with E-state index in [9.17, 15) is 9.59 Å². The zero-order valence-electron chi connectivity index (χ0n) is 13.8. The van der Waals surface area contributed by atoms with E-state index in [0.717, 1.165) is 10.5 Å². The van der Waals surface area contributed by atoms with Gasteiger partial charge in [0.1, 0.15) is 5.03 Å². The number of halogens is 1. The van der Waals surface area contributed by atoms with E-state index in [4.69, 9.17) is 21.1 Å². The largest absolute Gasteiger partial charge is 0.493 e. The summed E-state index contributed by atoms with van der Waals surface area (Å²) in [6, 6.07) is 14.3. The second-order valence-corrected chi connectivity index (χ2v) is 5.82. The van der Waals surface area contributed by atoms with Gasteiger partial charge in [0.2, 0.25) is 0 Å². The molecular formula is C19H16ClNO4. The molecule has 0 bridgehead atoms. The predicted octanol–water partition coefficient (Wildman–Crippen LogP) is 3.22. The second kappa shape index (κ2) is 6.99. The fourth-order valence-corrected chi connectivity index (χ4v) is 2.99.